The molecule has 34 heavy (non-hydrogen) atoms. The maximum absolute atomic E-state index is 12.4. The van der Waals surface area contributed by atoms with Crippen molar-refractivity contribution in [1.29, 1.82) is 0 Å². The number of nitrogens with one attached hydrogen (secondary N) is 2. The molecule has 1 amide bonds. The van der Waals surface area contributed by atoms with Gasteiger partial charge >= 0.3 is 0 Å². The highest BCUT2D eigenvalue weighted by Crippen LogP contribution is 2.24. The number of aromatic nitrogens is 1. The molecule has 174 valence electrons. The van der Waals surface area contributed by atoms with E-state index in [0.29, 0.717) is 22.9 Å². The fraction of sp³-hybridized carbons (Fsp3) is 0.120. The maximum Gasteiger partial charge on any atom is 0.248 e. The lowest BCUT2D eigenvalue weighted by Crippen LogP contribution is -2.22. The summed E-state index contributed by atoms with van der Waals surface area (Å²) in [6.07, 6.45) is 4.47. The van der Waals surface area contributed by atoms with Gasteiger partial charge in [-0.05, 0) is 68.0 Å². The van der Waals surface area contributed by atoms with Crippen molar-refractivity contribution in [2.24, 2.45) is 0 Å². The second-order valence-electron chi connectivity index (χ2n) is 7.54. The van der Waals surface area contributed by atoms with Gasteiger partial charge in [0.05, 0.1) is 23.4 Å². The van der Waals surface area contributed by atoms with Gasteiger partial charge in [0, 0.05) is 17.3 Å². The number of sulfonamides is 1. The third kappa shape index (κ3) is 5.69. The monoisotopic (exact) mass is 477 g/mol. The molecule has 0 aliphatic rings. The molecule has 0 fully saturated rings. The molecule has 4 aromatic rings. The molecule has 2 heterocycles. The number of carbonyl (C=O) groups is 1. The summed E-state index contributed by atoms with van der Waals surface area (Å²) >= 11 is 0. The van der Waals surface area contributed by atoms with Gasteiger partial charge in [0.1, 0.15) is 11.5 Å². The molecule has 0 atom stereocenters. The Morgan fingerprint density at radius 2 is 1.85 bits per heavy atom. The highest BCUT2D eigenvalue weighted by Gasteiger charge is 2.14. The lowest BCUT2D eigenvalue weighted by Gasteiger charge is -2.06. The fourth-order valence-electron chi connectivity index (χ4n) is 3.10. The first-order chi connectivity index (χ1) is 16.3. The quantitative estimate of drug-likeness (QED) is 0.356. The minimum atomic E-state index is -3.68. The standard InChI is InChI=1S/C25H23N3O5S/c1-17-18(2)33-25(27-17)20-5-3-6-21(15-20)28-24(29)13-10-19-8-11-23(12-9-19)34(30,31)26-16-22-7-4-14-32-22/h3-15,26H,16H2,1-2H3,(H,28,29). The number of oxazole rings is 1. The van der Waals surface area contributed by atoms with Gasteiger partial charge in [0.15, 0.2) is 0 Å². The molecule has 0 aliphatic heterocycles. The van der Waals surface area contributed by atoms with Crippen LogP contribution >= 0.6 is 0 Å². The molecule has 2 N–H and O–H groups in total. The third-order valence-electron chi connectivity index (χ3n) is 5.04. The molecule has 0 saturated carbocycles. The van der Waals surface area contributed by atoms with Gasteiger partial charge < -0.3 is 14.2 Å². The lowest BCUT2D eigenvalue weighted by molar-refractivity contribution is -0.111. The van der Waals surface area contributed by atoms with Crippen molar-refractivity contribution in [2.45, 2.75) is 25.3 Å². The van der Waals surface area contributed by atoms with Gasteiger partial charge in [-0.15, -0.1) is 0 Å². The predicted molar refractivity (Wildman–Crippen MR) is 128 cm³/mol. The molecule has 2 aromatic carbocycles. The highest BCUT2D eigenvalue weighted by molar-refractivity contribution is 7.89. The van der Waals surface area contributed by atoms with E-state index in [1.54, 1.807) is 42.5 Å². The Morgan fingerprint density at radius 1 is 1.06 bits per heavy atom. The number of nitrogens with zero attached hydrogens (tertiary/aromatic N) is 1. The second-order valence-corrected chi connectivity index (χ2v) is 9.30. The van der Waals surface area contributed by atoms with Crippen LogP contribution < -0.4 is 10.0 Å². The zero-order chi connectivity index (χ0) is 24.1. The highest BCUT2D eigenvalue weighted by atomic mass is 32.2. The lowest BCUT2D eigenvalue weighted by atomic mass is 10.2. The number of furan rings is 1. The summed E-state index contributed by atoms with van der Waals surface area (Å²) in [5.74, 6) is 1.44. The van der Waals surface area contributed by atoms with E-state index in [1.165, 1.54) is 24.5 Å². The molecule has 0 radical (unpaired) electrons. The van der Waals surface area contributed by atoms with Gasteiger partial charge in [-0.2, -0.15) is 0 Å². The summed E-state index contributed by atoms with van der Waals surface area (Å²) in [5.41, 5.74) is 2.86. The minimum Gasteiger partial charge on any atom is -0.468 e. The van der Waals surface area contributed by atoms with Crippen LogP contribution in [0.3, 0.4) is 0 Å². The third-order valence-corrected chi connectivity index (χ3v) is 6.46. The van der Waals surface area contributed by atoms with Crippen LogP contribution in [0.2, 0.25) is 0 Å². The van der Waals surface area contributed by atoms with Gasteiger partial charge in [0.25, 0.3) is 0 Å². The second kappa shape index (κ2) is 9.90. The van der Waals surface area contributed by atoms with Crippen LogP contribution in [0.4, 0.5) is 5.69 Å². The first kappa shape index (κ1) is 23.2. The Kier molecular flexibility index (Phi) is 6.76. The van der Waals surface area contributed by atoms with Crippen molar-refractivity contribution >= 4 is 27.7 Å². The van der Waals surface area contributed by atoms with Gasteiger partial charge in [-0.25, -0.2) is 18.1 Å². The number of aryl methyl sites for hydroxylation is 2. The van der Waals surface area contributed by atoms with Crippen LogP contribution in [0.25, 0.3) is 17.5 Å². The fourth-order valence-corrected chi connectivity index (χ4v) is 4.10. The summed E-state index contributed by atoms with van der Waals surface area (Å²) in [4.78, 5) is 16.9. The van der Waals surface area contributed by atoms with E-state index >= 15 is 0 Å². The van der Waals surface area contributed by atoms with Crippen LogP contribution in [0.5, 0.6) is 0 Å². The summed E-state index contributed by atoms with van der Waals surface area (Å²) in [6.45, 7) is 3.79. The van der Waals surface area contributed by atoms with E-state index in [2.05, 4.69) is 15.0 Å². The molecule has 0 bridgehead atoms. The maximum atomic E-state index is 12.4. The minimum absolute atomic E-state index is 0.0631. The predicted octanol–water partition coefficient (Wildman–Crippen LogP) is 4.68. The summed E-state index contributed by atoms with van der Waals surface area (Å²) in [5, 5.41) is 2.80. The SMILES string of the molecule is Cc1nc(-c2cccc(NC(=O)C=Cc3ccc(S(=O)(=O)NCc4ccco4)cc3)c2)oc1C. The Labute approximate surface area is 197 Å². The zero-order valence-corrected chi connectivity index (χ0v) is 19.4. The largest absolute Gasteiger partial charge is 0.468 e. The zero-order valence-electron chi connectivity index (χ0n) is 18.6. The average molecular weight is 478 g/mol. The van der Waals surface area contributed by atoms with Crippen LogP contribution in [0.1, 0.15) is 22.8 Å². The van der Waals surface area contributed by atoms with Crippen LogP contribution in [0.15, 0.2) is 86.7 Å². The molecule has 2 aromatic heterocycles. The van der Waals surface area contributed by atoms with Crippen LogP contribution in [-0.4, -0.2) is 19.3 Å². The molecule has 8 nitrogen and oxygen atoms in total. The number of hydrogen-bond acceptors (Lipinski definition) is 6. The molecular weight excluding hydrogens is 454 g/mol. The molecule has 0 saturated heterocycles. The van der Waals surface area contributed by atoms with E-state index in [9.17, 15) is 13.2 Å². The van der Waals surface area contributed by atoms with E-state index < -0.39 is 10.0 Å². The van der Waals surface area contributed by atoms with Crippen LogP contribution in [-0.2, 0) is 21.4 Å². The molecular formula is C25H23N3O5S. The Balaban J connectivity index is 1.37. The van der Waals surface area contributed by atoms with Crippen molar-refractivity contribution in [3.63, 3.8) is 0 Å². The first-order valence-corrected chi connectivity index (χ1v) is 11.9. The number of rotatable bonds is 8. The van der Waals surface area contributed by atoms with E-state index in [-0.39, 0.29) is 17.3 Å². The van der Waals surface area contributed by atoms with Crippen molar-refractivity contribution in [2.75, 3.05) is 5.32 Å². The van der Waals surface area contributed by atoms with Crippen molar-refractivity contribution in [1.82, 2.24) is 9.71 Å². The summed E-state index contributed by atoms with van der Waals surface area (Å²) in [7, 11) is -3.68. The Morgan fingerprint density at radius 3 is 2.53 bits per heavy atom. The molecule has 0 spiro atoms. The van der Waals surface area contributed by atoms with E-state index in [4.69, 9.17) is 8.83 Å². The van der Waals surface area contributed by atoms with E-state index in [1.807, 2.05) is 26.0 Å². The first-order valence-electron chi connectivity index (χ1n) is 10.5. The van der Waals surface area contributed by atoms with Gasteiger partial charge in [-0.1, -0.05) is 18.2 Å². The Hall–Kier alpha value is -3.95. The summed E-state index contributed by atoms with van der Waals surface area (Å²) in [6, 6.07) is 16.8. The van der Waals surface area contributed by atoms with Crippen molar-refractivity contribution in [3.8, 4) is 11.5 Å². The van der Waals surface area contributed by atoms with Gasteiger partial charge in [0.2, 0.25) is 21.8 Å². The van der Waals surface area contributed by atoms with Gasteiger partial charge in [-0.3, -0.25) is 4.79 Å². The topological polar surface area (TPSA) is 114 Å². The smallest absolute Gasteiger partial charge is 0.248 e. The average Bonchev–Trinajstić information content (AvgIpc) is 3.47. The molecule has 0 unspecified atom stereocenters. The summed E-state index contributed by atoms with van der Waals surface area (Å²) < 4.78 is 38.1. The van der Waals surface area contributed by atoms with E-state index in [0.717, 1.165) is 17.0 Å². The Bertz CT molecular complexity index is 1400. The van der Waals surface area contributed by atoms with Crippen molar-refractivity contribution in [3.05, 3.63) is 95.8 Å². The number of anilines is 1. The number of amides is 1. The molecule has 9 heteroatoms. The molecule has 0 aliphatic carbocycles. The van der Waals surface area contributed by atoms with Crippen LogP contribution in [0, 0.1) is 13.8 Å². The normalized spacial score (nSPS) is 11.7. The number of benzene rings is 2. The number of carbonyl (C=O) groups excluding carboxylic acids is 1. The molecule has 4 rings (SSSR count). The number of hydrogen-bond donors (Lipinski definition) is 2. The van der Waals surface area contributed by atoms with Crippen molar-refractivity contribution < 1.29 is 22.0 Å².